The Morgan fingerprint density at radius 2 is 1.70 bits per heavy atom. The molecule has 0 fully saturated rings. The average Bonchev–Trinajstić information content (AvgIpc) is 1.91. The van der Waals surface area contributed by atoms with Crippen molar-refractivity contribution in [2.45, 2.75) is 13.8 Å². The second kappa shape index (κ2) is 8.08. The van der Waals surface area contributed by atoms with Gasteiger partial charge in [0.05, 0.1) is 0 Å². The first kappa shape index (κ1) is 11.8. The van der Waals surface area contributed by atoms with Crippen molar-refractivity contribution < 1.29 is 8.78 Å². The summed E-state index contributed by atoms with van der Waals surface area (Å²) in [6, 6.07) is 0. The lowest BCUT2D eigenvalue weighted by atomic mass is 10.4. The normalized spacial score (nSPS) is 9.40. The van der Waals surface area contributed by atoms with Gasteiger partial charge in [-0.1, -0.05) is 27.0 Å². The fourth-order valence-electron chi connectivity index (χ4n) is 0.209. The number of allylic oxidation sites excluding steroid dienone is 4. The van der Waals surface area contributed by atoms with Gasteiger partial charge in [0.1, 0.15) is 11.7 Å². The number of rotatable bonds is 2. The molecule has 0 saturated heterocycles. The van der Waals surface area contributed by atoms with Crippen LogP contribution < -0.4 is 0 Å². The zero-order chi connectivity index (χ0) is 8.57. The SMILES string of the molecule is C=C/C(F)=C\C(=C)F.CC. The molecule has 0 aromatic carbocycles. The number of halogens is 2. The molecule has 0 amide bonds. The Bertz CT molecular complexity index is 134. The van der Waals surface area contributed by atoms with E-state index >= 15 is 0 Å². The van der Waals surface area contributed by atoms with Gasteiger partial charge in [-0.15, -0.1) is 0 Å². The van der Waals surface area contributed by atoms with Gasteiger partial charge in [0.2, 0.25) is 0 Å². The highest BCUT2D eigenvalue weighted by atomic mass is 19.1. The summed E-state index contributed by atoms with van der Waals surface area (Å²) >= 11 is 0. The van der Waals surface area contributed by atoms with Gasteiger partial charge in [-0.25, -0.2) is 8.78 Å². The minimum absolute atomic E-state index is 0.660. The molecule has 58 valence electrons. The van der Waals surface area contributed by atoms with Crippen LogP contribution in [0.25, 0.3) is 0 Å². The van der Waals surface area contributed by atoms with Gasteiger partial charge in [0, 0.05) is 6.08 Å². The quantitative estimate of drug-likeness (QED) is 0.523. The highest BCUT2D eigenvalue weighted by Crippen LogP contribution is 2.02. The molecular formula is C8H12F2. The third-order valence-electron chi connectivity index (χ3n) is 0.490. The van der Waals surface area contributed by atoms with Crippen LogP contribution in [0.4, 0.5) is 8.78 Å². The Morgan fingerprint density at radius 1 is 1.30 bits per heavy atom. The monoisotopic (exact) mass is 146 g/mol. The van der Waals surface area contributed by atoms with Crippen molar-refractivity contribution in [1.29, 1.82) is 0 Å². The maximum Gasteiger partial charge on any atom is 0.125 e. The van der Waals surface area contributed by atoms with Crippen molar-refractivity contribution in [3.05, 3.63) is 37.0 Å². The molecule has 0 spiro atoms. The van der Waals surface area contributed by atoms with Crippen LogP contribution in [0.2, 0.25) is 0 Å². The van der Waals surface area contributed by atoms with Crippen LogP contribution in [0.3, 0.4) is 0 Å². The first-order chi connectivity index (χ1) is 4.66. The molecule has 0 heterocycles. The van der Waals surface area contributed by atoms with Crippen molar-refractivity contribution in [3.8, 4) is 0 Å². The molecule has 0 bridgehead atoms. The Labute approximate surface area is 60.6 Å². The molecule has 0 aromatic heterocycles. The van der Waals surface area contributed by atoms with Crippen LogP contribution in [0.15, 0.2) is 37.0 Å². The van der Waals surface area contributed by atoms with Crippen molar-refractivity contribution in [1.82, 2.24) is 0 Å². The molecule has 0 N–H and O–H groups in total. The van der Waals surface area contributed by atoms with Crippen molar-refractivity contribution >= 4 is 0 Å². The fraction of sp³-hybridized carbons (Fsp3) is 0.250. The molecule has 0 nitrogen and oxygen atoms in total. The minimum atomic E-state index is -0.803. The molecule has 2 heteroatoms. The maximum atomic E-state index is 11.8. The molecule has 0 atom stereocenters. The van der Waals surface area contributed by atoms with E-state index in [-0.39, 0.29) is 0 Å². The lowest BCUT2D eigenvalue weighted by molar-refractivity contribution is 0.633. The van der Waals surface area contributed by atoms with E-state index in [1.54, 1.807) is 0 Å². The summed E-state index contributed by atoms with van der Waals surface area (Å²) in [6.45, 7) is 9.87. The summed E-state index contributed by atoms with van der Waals surface area (Å²) in [7, 11) is 0. The standard InChI is InChI=1S/C6H6F2.C2H6/c1-3-6(8)4-5(2)7;1-2/h3-4H,1-2H2;1-2H3/b6-4+;. The van der Waals surface area contributed by atoms with E-state index in [2.05, 4.69) is 13.2 Å². The third-order valence-corrected chi connectivity index (χ3v) is 0.490. The average molecular weight is 146 g/mol. The van der Waals surface area contributed by atoms with Crippen molar-refractivity contribution in [2.75, 3.05) is 0 Å². The Balaban J connectivity index is 0. The van der Waals surface area contributed by atoms with E-state index in [9.17, 15) is 8.78 Å². The van der Waals surface area contributed by atoms with Gasteiger partial charge in [-0.3, -0.25) is 0 Å². The van der Waals surface area contributed by atoms with E-state index < -0.39 is 11.7 Å². The smallest absolute Gasteiger partial charge is 0.125 e. The molecule has 0 aliphatic heterocycles. The van der Waals surface area contributed by atoms with Crippen LogP contribution in [-0.2, 0) is 0 Å². The van der Waals surface area contributed by atoms with Crippen LogP contribution in [0.5, 0.6) is 0 Å². The zero-order valence-electron chi connectivity index (χ0n) is 6.32. The van der Waals surface area contributed by atoms with E-state index in [0.717, 1.165) is 6.08 Å². The fourth-order valence-corrected chi connectivity index (χ4v) is 0.209. The predicted octanol–water partition coefficient (Wildman–Crippen LogP) is 3.54. The van der Waals surface area contributed by atoms with Crippen LogP contribution >= 0.6 is 0 Å². The van der Waals surface area contributed by atoms with E-state index in [0.29, 0.717) is 6.08 Å². The lowest BCUT2D eigenvalue weighted by Crippen LogP contribution is -1.63. The van der Waals surface area contributed by atoms with Gasteiger partial charge < -0.3 is 0 Å². The third kappa shape index (κ3) is 10.1. The van der Waals surface area contributed by atoms with E-state index in [1.165, 1.54) is 0 Å². The Morgan fingerprint density at radius 3 is 1.80 bits per heavy atom. The van der Waals surface area contributed by atoms with Crippen molar-refractivity contribution in [3.63, 3.8) is 0 Å². The van der Waals surface area contributed by atoms with Gasteiger partial charge in [-0.2, -0.15) is 0 Å². The van der Waals surface area contributed by atoms with E-state index in [4.69, 9.17) is 0 Å². The predicted molar refractivity (Wildman–Crippen MR) is 41.0 cm³/mol. The van der Waals surface area contributed by atoms with Gasteiger partial charge >= 0.3 is 0 Å². The number of hydrogen-bond donors (Lipinski definition) is 0. The molecule has 0 radical (unpaired) electrons. The molecule has 0 rings (SSSR count). The summed E-state index contributed by atoms with van der Waals surface area (Å²) in [4.78, 5) is 0. The maximum absolute atomic E-state index is 11.8. The molecule has 0 aromatic rings. The number of hydrogen-bond acceptors (Lipinski definition) is 0. The minimum Gasteiger partial charge on any atom is -0.208 e. The first-order valence-electron chi connectivity index (χ1n) is 3.01. The first-order valence-corrected chi connectivity index (χ1v) is 3.01. The highest BCUT2D eigenvalue weighted by molar-refractivity contribution is 5.17. The van der Waals surface area contributed by atoms with Crippen LogP contribution in [0.1, 0.15) is 13.8 Å². The van der Waals surface area contributed by atoms with Crippen molar-refractivity contribution in [2.24, 2.45) is 0 Å². The Kier molecular flexibility index (Phi) is 9.56. The molecule has 0 saturated carbocycles. The van der Waals surface area contributed by atoms with Crippen LogP contribution in [0, 0.1) is 0 Å². The zero-order valence-corrected chi connectivity index (χ0v) is 6.32. The molecular weight excluding hydrogens is 134 g/mol. The van der Waals surface area contributed by atoms with Gasteiger partial charge in [0.25, 0.3) is 0 Å². The molecule has 0 aliphatic rings. The van der Waals surface area contributed by atoms with Gasteiger partial charge in [-0.05, 0) is 6.08 Å². The summed E-state index contributed by atoms with van der Waals surface area (Å²) in [5, 5.41) is 0. The Hall–Kier alpha value is -0.920. The topological polar surface area (TPSA) is 0 Å². The van der Waals surface area contributed by atoms with E-state index in [1.807, 2.05) is 13.8 Å². The second-order valence-corrected chi connectivity index (χ2v) is 1.18. The summed E-state index contributed by atoms with van der Waals surface area (Å²) in [5.74, 6) is -1.51. The summed E-state index contributed by atoms with van der Waals surface area (Å²) in [6.07, 6.45) is 1.57. The second-order valence-electron chi connectivity index (χ2n) is 1.18. The summed E-state index contributed by atoms with van der Waals surface area (Å²) in [5.41, 5.74) is 0. The van der Waals surface area contributed by atoms with Crippen LogP contribution in [-0.4, -0.2) is 0 Å². The highest BCUT2D eigenvalue weighted by Gasteiger charge is 1.85. The van der Waals surface area contributed by atoms with Gasteiger partial charge in [0.15, 0.2) is 0 Å². The molecule has 10 heavy (non-hydrogen) atoms. The lowest BCUT2D eigenvalue weighted by Gasteiger charge is -1.80. The molecule has 0 unspecified atom stereocenters. The largest absolute Gasteiger partial charge is 0.208 e. The summed E-state index contributed by atoms with van der Waals surface area (Å²) < 4.78 is 23.4. The molecule has 0 aliphatic carbocycles.